The Morgan fingerprint density at radius 3 is 2.82 bits per heavy atom. The minimum Gasteiger partial charge on any atom is -0.392 e. The van der Waals surface area contributed by atoms with Crippen LogP contribution in [0.4, 0.5) is 4.79 Å². The molecule has 0 fully saturated rings. The van der Waals surface area contributed by atoms with Crippen LogP contribution in [-0.2, 0) is 0 Å². The highest BCUT2D eigenvalue weighted by Crippen LogP contribution is 2.16. The molecule has 2 aromatic rings. The summed E-state index contributed by atoms with van der Waals surface area (Å²) in [5, 5.41) is 16.5. The second kappa shape index (κ2) is 7.09. The maximum absolute atomic E-state index is 12.1. The van der Waals surface area contributed by atoms with E-state index in [1.54, 1.807) is 24.9 Å². The molecule has 0 saturated heterocycles. The van der Waals surface area contributed by atoms with Crippen LogP contribution in [-0.4, -0.2) is 45.5 Å². The molecule has 0 aliphatic rings. The molecule has 2 rings (SSSR count). The number of urea groups is 1. The Balaban J connectivity index is 2.05. The van der Waals surface area contributed by atoms with Gasteiger partial charge in [-0.3, -0.25) is 0 Å². The number of carbonyl (C=O) groups is 1. The van der Waals surface area contributed by atoms with Gasteiger partial charge in [0.25, 0.3) is 0 Å². The zero-order chi connectivity index (χ0) is 16.1. The molecular formula is C16H22N4O2. The summed E-state index contributed by atoms with van der Waals surface area (Å²) in [6.45, 7) is 3.88. The van der Waals surface area contributed by atoms with Gasteiger partial charge in [-0.2, -0.15) is 5.10 Å². The molecule has 2 amide bonds. The van der Waals surface area contributed by atoms with E-state index in [0.717, 1.165) is 11.3 Å². The minimum atomic E-state index is -0.547. The topological polar surface area (TPSA) is 70.4 Å². The number of likely N-dealkylation sites (N-methyl/N-ethyl adjacent to an activating group) is 1. The number of carbonyl (C=O) groups excluding carboxylic acids is 1. The van der Waals surface area contributed by atoms with Crippen molar-refractivity contribution in [2.75, 3.05) is 13.6 Å². The summed E-state index contributed by atoms with van der Waals surface area (Å²) in [4.78, 5) is 13.5. The monoisotopic (exact) mass is 302 g/mol. The van der Waals surface area contributed by atoms with Crippen molar-refractivity contribution in [2.24, 2.45) is 0 Å². The maximum atomic E-state index is 12.1. The van der Waals surface area contributed by atoms with Crippen molar-refractivity contribution in [2.45, 2.75) is 26.0 Å². The second-order valence-corrected chi connectivity index (χ2v) is 5.45. The van der Waals surface area contributed by atoms with Gasteiger partial charge in [-0.25, -0.2) is 9.48 Å². The van der Waals surface area contributed by atoms with Gasteiger partial charge >= 0.3 is 6.03 Å². The van der Waals surface area contributed by atoms with Gasteiger partial charge in [0.1, 0.15) is 0 Å². The van der Waals surface area contributed by atoms with E-state index in [1.165, 1.54) is 4.90 Å². The lowest BCUT2D eigenvalue weighted by atomic mass is 10.1. The van der Waals surface area contributed by atoms with Crippen molar-refractivity contribution in [1.82, 2.24) is 20.0 Å². The largest absolute Gasteiger partial charge is 0.392 e. The van der Waals surface area contributed by atoms with Crippen molar-refractivity contribution >= 4 is 6.03 Å². The highest BCUT2D eigenvalue weighted by Gasteiger charge is 2.15. The molecular weight excluding hydrogens is 280 g/mol. The van der Waals surface area contributed by atoms with Crippen molar-refractivity contribution in [3.05, 3.63) is 48.3 Å². The summed E-state index contributed by atoms with van der Waals surface area (Å²) in [7, 11) is 1.66. The lowest BCUT2D eigenvalue weighted by Gasteiger charge is -2.22. The van der Waals surface area contributed by atoms with E-state index in [4.69, 9.17) is 0 Å². The van der Waals surface area contributed by atoms with Crippen LogP contribution in [0.25, 0.3) is 5.69 Å². The zero-order valence-corrected chi connectivity index (χ0v) is 13.1. The average molecular weight is 302 g/mol. The van der Waals surface area contributed by atoms with Crippen LogP contribution in [0.1, 0.15) is 25.5 Å². The Bertz CT molecular complexity index is 610. The third-order valence-corrected chi connectivity index (χ3v) is 3.36. The van der Waals surface area contributed by atoms with E-state index >= 15 is 0 Å². The number of hydrogen-bond donors (Lipinski definition) is 2. The molecule has 1 heterocycles. The van der Waals surface area contributed by atoms with Crippen LogP contribution in [0.3, 0.4) is 0 Å². The summed E-state index contributed by atoms with van der Waals surface area (Å²) >= 11 is 0. The van der Waals surface area contributed by atoms with E-state index in [2.05, 4.69) is 10.4 Å². The molecule has 6 heteroatoms. The lowest BCUT2D eigenvalue weighted by molar-refractivity contribution is 0.142. The normalized spacial score (nSPS) is 13.5. The first-order valence-electron chi connectivity index (χ1n) is 7.27. The Morgan fingerprint density at radius 2 is 2.18 bits per heavy atom. The SMILES string of the molecule is CC(O)CN(C)C(=O)NC(C)c1cccc(-n2cccn2)c1. The molecule has 2 N–H and O–H groups in total. The lowest BCUT2D eigenvalue weighted by Crippen LogP contribution is -2.41. The molecule has 0 aliphatic carbocycles. The van der Waals surface area contributed by atoms with Crippen LogP contribution in [0, 0.1) is 0 Å². The summed E-state index contributed by atoms with van der Waals surface area (Å²) in [6.07, 6.45) is 3.05. The highest BCUT2D eigenvalue weighted by atomic mass is 16.3. The molecule has 1 aromatic carbocycles. The Hall–Kier alpha value is -2.34. The number of aromatic nitrogens is 2. The molecule has 2 atom stereocenters. The van der Waals surface area contributed by atoms with Crippen molar-refractivity contribution in [1.29, 1.82) is 0 Å². The number of aliphatic hydroxyl groups excluding tert-OH is 1. The molecule has 0 radical (unpaired) electrons. The third kappa shape index (κ3) is 4.08. The first kappa shape index (κ1) is 16.0. The smallest absolute Gasteiger partial charge is 0.317 e. The quantitative estimate of drug-likeness (QED) is 0.887. The van der Waals surface area contributed by atoms with Gasteiger partial charge < -0.3 is 15.3 Å². The van der Waals surface area contributed by atoms with E-state index in [9.17, 15) is 9.90 Å². The van der Waals surface area contributed by atoms with E-state index in [0.29, 0.717) is 6.54 Å². The fourth-order valence-electron chi connectivity index (χ4n) is 2.22. The number of nitrogens with zero attached hydrogens (tertiary/aromatic N) is 3. The zero-order valence-electron chi connectivity index (χ0n) is 13.1. The fraction of sp³-hybridized carbons (Fsp3) is 0.375. The van der Waals surface area contributed by atoms with Crippen molar-refractivity contribution in [3.8, 4) is 5.69 Å². The standard InChI is InChI=1S/C16H22N4O2/c1-12(21)11-19(3)16(22)18-13(2)14-6-4-7-15(10-14)20-9-5-8-17-20/h4-10,12-13,21H,11H2,1-3H3,(H,18,22). The predicted molar refractivity (Wildman–Crippen MR) is 84.8 cm³/mol. The molecule has 0 bridgehead atoms. The Kier molecular flexibility index (Phi) is 5.16. The number of amides is 2. The van der Waals surface area contributed by atoms with Gasteiger partial charge in [0.2, 0.25) is 0 Å². The number of aliphatic hydroxyl groups is 1. The van der Waals surface area contributed by atoms with Crippen LogP contribution in [0.2, 0.25) is 0 Å². The minimum absolute atomic E-state index is 0.139. The second-order valence-electron chi connectivity index (χ2n) is 5.45. The van der Waals surface area contributed by atoms with Gasteiger partial charge in [0.05, 0.1) is 17.8 Å². The molecule has 1 aromatic heterocycles. The number of rotatable bonds is 5. The predicted octanol–water partition coefficient (Wildman–Crippen LogP) is 1.96. The van der Waals surface area contributed by atoms with Gasteiger partial charge in [-0.15, -0.1) is 0 Å². The Morgan fingerprint density at radius 1 is 1.41 bits per heavy atom. The maximum Gasteiger partial charge on any atom is 0.317 e. The molecule has 2 unspecified atom stereocenters. The average Bonchev–Trinajstić information content (AvgIpc) is 3.00. The number of hydrogen-bond acceptors (Lipinski definition) is 3. The van der Waals surface area contributed by atoms with Crippen LogP contribution in [0.5, 0.6) is 0 Å². The van der Waals surface area contributed by atoms with Gasteiger partial charge in [0, 0.05) is 26.0 Å². The van der Waals surface area contributed by atoms with Crippen LogP contribution in [0.15, 0.2) is 42.7 Å². The summed E-state index contributed by atoms with van der Waals surface area (Å²) in [6, 6.07) is 9.37. The van der Waals surface area contributed by atoms with E-state index in [1.807, 2.05) is 43.5 Å². The van der Waals surface area contributed by atoms with Gasteiger partial charge in [-0.1, -0.05) is 12.1 Å². The highest BCUT2D eigenvalue weighted by molar-refractivity contribution is 5.74. The Labute approximate surface area is 130 Å². The molecule has 6 nitrogen and oxygen atoms in total. The number of nitrogens with one attached hydrogen (secondary N) is 1. The molecule has 0 aliphatic heterocycles. The van der Waals surface area contributed by atoms with Crippen LogP contribution < -0.4 is 5.32 Å². The molecule has 118 valence electrons. The van der Waals surface area contributed by atoms with Gasteiger partial charge in [0.15, 0.2) is 0 Å². The fourth-order valence-corrected chi connectivity index (χ4v) is 2.22. The first-order valence-corrected chi connectivity index (χ1v) is 7.27. The molecule has 0 spiro atoms. The molecule has 22 heavy (non-hydrogen) atoms. The molecule has 0 saturated carbocycles. The third-order valence-electron chi connectivity index (χ3n) is 3.36. The van der Waals surface area contributed by atoms with E-state index < -0.39 is 6.10 Å². The van der Waals surface area contributed by atoms with Crippen molar-refractivity contribution in [3.63, 3.8) is 0 Å². The van der Waals surface area contributed by atoms with E-state index in [-0.39, 0.29) is 12.1 Å². The van der Waals surface area contributed by atoms with Crippen molar-refractivity contribution < 1.29 is 9.90 Å². The van der Waals surface area contributed by atoms with Gasteiger partial charge in [-0.05, 0) is 37.6 Å². The summed E-state index contributed by atoms with van der Waals surface area (Å²) in [5.41, 5.74) is 1.94. The first-order chi connectivity index (χ1) is 10.5. The van der Waals surface area contributed by atoms with Crippen LogP contribution >= 0.6 is 0 Å². The summed E-state index contributed by atoms with van der Waals surface area (Å²) < 4.78 is 1.78. The summed E-state index contributed by atoms with van der Waals surface area (Å²) in [5.74, 6) is 0. The number of benzene rings is 1.